The number of anilines is 5. The van der Waals surface area contributed by atoms with Gasteiger partial charge in [-0.15, -0.1) is 0 Å². The van der Waals surface area contributed by atoms with Crippen molar-refractivity contribution >= 4 is 28.8 Å². The predicted molar refractivity (Wildman–Crippen MR) is 118 cm³/mol. The van der Waals surface area contributed by atoms with Crippen LogP contribution in [0.2, 0.25) is 0 Å². The standard InChI is InChI=1S/C22H26FN5O2/c1-4-28(2)18-9-5-16(6-10-18)25-21-20(23)15-24-22(27-21)26-17-7-11-19(12-8-17)30-14-13-29-3/h5-12,15H,4,13-14H2,1-3H3,(H2,24,25,26,27). The minimum absolute atomic E-state index is 0.101. The molecular formula is C22H26FN5O2. The number of benzene rings is 2. The van der Waals surface area contributed by atoms with Gasteiger partial charge >= 0.3 is 0 Å². The largest absolute Gasteiger partial charge is 0.491 e. The van der Waals surface area contributed by atoms with Gasteiger partial charge in [0.05, 0.1) is 12.8 Å². The Balaban J connectivity index is 1.66. The van der Waals surface area contributed by atoms with Crippen molar-refractivity contribution in [2.24, 2.45) is 0 Å². The Morgan fingerprint density at radius 2 is 1.63 bits per heavy atom. The molecule has 0 radical (unpaired) electrons. The predicted octanol–water partition coefficient (Wildman–Crippen LogP) is 4.58. The Morgan fingerprint density at radius 3 is 2.30 bits per heavy atom. The first-order chi connectivity index (χ1) is 14.6. The lowest BCUT2D eigenvalue weighted by Crippen LogP contribution is -2.15. The van der Waals surface area contributed by atoms with Crippen molar-refractivity contribution in [3.63, 3.8) is 0 Å². The number of nitrogens with zero attached hydrogens (tertiary/aromatic N) is 3. The van der Waals surface area contributed by atoms with Crippen molar-refractivity contribution < 1.29 is 13.9 Å². The highest BCUT2D eigenvalue weighted by molar-refractivity contribution is 5.62. The monoisotopic (exact) mass is 411 g/mol. The molecule has 7 nitrogen and oxygen atoms in total. The van der Waals surface area contributed by atoms with E-state index in [1.807, 2.05) is 55.6 Å². The molecule has 0 spiro atoms. The maximum absolute atomic E-state index is 14.2. The van der Waals surface area contributed by atoms with Gasteiger partial charge < -0.3 is 25.0 Å². The van der Waals surface area contributed by atoms with E-state index in [1.54, 1.807) is 7.11 Å². The summed E-state index contributed by atoms with van der Waals surface area (Å²) in [5.74, 6) is 0.590. The van der Waals surface area contributed by atoms with Gasteiger partial charge in [0.25, 0.3) is 0 Å². The number of aromatic nitrogens is 2. The molecule has 2 aromatic carbocycles. The molecule has 0 unspecified atom stereocenters. The van der Waals surface area contributed by atoms with Crippen LogP contribution in [0.1, 0.15) is 6.92 Å². The summed E-state index contributed by atoms with van der Waals surface area (Å²) in [4.78, 5) is 10.4. The van der Waals surface area contributed by atoms with E-state index in [0.29, 0.717) is 13.2 Å². The zero-order chi connectivity index (χ0) is 21.3. The number of hydrogen-bond acceptors (Lipinski definition) is 7. The van der Waals surface area contributed by atoms with Crippen molar-refractivity contribution in [3.8, 4) is 5.75 Å². The highest BCUT2D eigenvalue weighted by atomic mass is 19.1. The fraction of sp³-hybridized carbons (Fsp3) is 0.273. The molecule has 0 atom stereocenters. The molecule has 0 aliphatic carbocycles. The average Bonchev–Trinajstić information content (AvgIpc) is 2.77. The molecule has 3 rings (SSSR count). The van der Waals surface area contributed by atoms with Crippen LogP contribution in [0.15, 0.2) is 54.7 Å². The van der Waals surface area contributed by atoms with Crippen LogP contribution in [0, 0.1) is 5.82 Å². The van der Waals surface area contributed by atoms with Crippen LogP contribution in [-0.4, -0.2) is 43.9 Å². The summed E-state index contributed by atoms with van der Waals surface area (Å²) >= 11 is 0. The maximum Gasteiger partial charge on any atom is 0.229 e. The molecule has 0 fully saturated rings. The van der Waals surface area contributed by atoms with E-state index in [9.17, 15) is 4.39 Å². The molecule has 1 aromatic heterocycles. The quantitative estimate of drug-likeness (QED) is 0.473. The third-order valence-corrected chi connectivity index (χ3v) is 4.46. The van der Waals surface area contributed by atoms with E-state index in [1.165, 1.54) is 0 Å². The van der Waals surface area contributed by atoms with Crippen LogP contribution in [0.3, 0.4) is 0 Å². The van der Waals surface area contributed by atoms with Gasteiger partial charge in [-0.3, -0.25) is 0 Å². The summed E-state index contributed by atoms with van der Waals surface area (Å²) in [6.45, 7) is 3.99. The first-order valence-corrected chi connectivity index (χ1v) is 9.68. The van der Waals surface area contributed by atoms with Crippen LogP contribution in [0.4, 0.5) is 33.2 Å². The first-order valence-electron chi connectivity index (χ1n) is 9.68. The average molecular weight is 411 g/mol. The van der Waals surface area contributed by atoms with Crippen molar-refractivity contribution in [1.82, 2.24) is 9.97 Å². The summed E-state index contributed by atoms with van der Waals surface area (Å²) in [5.41, 5.74) is 2.59. The van der Waals surface area contributed by atoms with E-state index < -0.39 is 5.82 Å². The minimum atomic E-state index is -0.530. The third-order valence-electron chi connectivity index (χ3n) is 4.46. The molecule has 1 heterocycles. The molecule has 0 amide bonds. The minimum Gasteiger partial charge on any atom is -0.491 e. The van der Waals surface area contributed by atoms with Crippen LogP contribution in [-0.2, 0) is 4.74 Å². The molecule has 30 heavy (non-hydrogen) atoms. The normalized spacial score (nSPS) is 10.5. The molecule has 3 aromatic rings. The topological polar surface area (TPSA) is 71.5 Å². The van der Waals surface area contributed by atoms with Gasteiger partial charge in [0, 0.05) is 37.8 Å². The molecule has 0 saturated carbocycles. The lowest BCUT2D eigenvalue weighted by Gasteiger charge is -2.17. The van der Waals surface area contributed by atoms with E-state index >= 15 is 0 Å². The van der Waals surface area contributed by atoms with Gasteiger partial charge in [0.15, 0.2) is 11.6 Å². The van der Waals surface area contributed by atoms with Gasteiger partial charge in [0.2, 0.25) is 5.95 Å². The lowest BCUT2D eigenvalue weighted by molar-refractivity contribution is 0.146. The fourth-order valence-corrected chi connectivity index (χ4v) is 2.64. The summed E-state index contributed by atoms with van der Waals surface area (Å²) in [5, 5.41) is 6.07. The molecule has 158 valence electrons. The van der Waals surface area contributed by atoms with Gasteiger partial charge in [-0.2, -0.15) is 4.98 Å². The van der Waals surface area contributed by atoms with Crippen LogP contribution >= 0.6 is 0 Å². The molecular weight excluding hydrogens is 385 g/mol. The van der Waals surface area contributed by atoms with Crippen molar-refractivity contribution in [1.29, 1.82) is 0 Å². The second kappa shape index (κ2) is 10.4. The zero-order valence-electron chi connectivity index (χ0n) is 17.4. The first kappa shape index (κ1) is 21.3. The maximum atomic E-state index is 14.2. The number of methoxy groups -OCH3 is 1. The van der Waals surface area contributed by atoms with E-state index in [0.717, 1.165) is 35.6 Å². The number of hydrogen-bond donors (Lipinski definition) is 2. The van der Waals surface area contributed by atoms with E-state index in [-0.39, 0.29) is 11.8 Å². The Bertz CT molecular complexity index is 935. The Kier molecular flexibility index (Phi) is 7.40. The summed E-state index contributed by atoms with van der Waals surface area (Å²) in [7, 11) is 3.64. The Hall–Kier alpha value is -3.39. The summed E-state index contributed by atoms with van der Waals surface area (Å²) in [6.07, 6.45) is 1.14. The second-order valence-electron chi connectivity index (χ2n) is 6.57. The molecule has 0 saturated heterocycles. The van der Waals surface area contributed by atoms with E-state index in [4.69, 9.17) is 9.47 Å². The van der Waals surface area contributed by atoms with Crippen molar-refractivity contribution in [2.45, 2.75) is 6.92 Å². The van der Waals surface area contributed by atoms with Gasteiger partial charge in [-0.1, -0.05) is 0 Å². The summed E-state index contributed by atoms with van der Waals surface area (Å²) < 4.78 is 24.7. The number of ether oxygens (including phenoxy) is 2. The molecule has 0 bridgehead atoms. The Labute approximate surface area is 175 Å². The molecule has 8 heteroatoms. The highest BCUT2D eigenvalue weighted by Crippen LogP contribution is 2.23. The molecule has 2 N–H and O–H groups in total. The highest BCUT2D eigenvalue weighted by Gasteiger charge is 2.09. The van der Waals surface area contributed by atoms with Crippen LogP contribution in [0.25, 0.3) is 0 Å². The van der Waals surface area contributed by atoms with E-state index in [2.05, 4.69) is 32.4 Å². The third kappa shape index (κ3) is 5.81. The zero-order valence-corrected chi connectivity index (χ0v) is 17.4. The second-order valence-corrected chi connectivity index (χ2v) is 6.57. The van der Waals surface area contributed by atoms with Gasteiger partial charge in [-0.05, 0) is 55.5 Å². The van der Waals surface area contributed by atoms with Crippen molar-refractivity contribution in [2.75, 3.05) is 49.4 Å². The lowest BCUT2D eigenvalue weighted by atomic mass is 10.2. The molecule has 0 aliphatic rings. The van der Waals surface area contributed by atoms with Gasteiger partial charge in [0.1, 0.15) is 12.4 Å². The SMILES string of the molecule is CCN(C)c1ccc(Nc2nc(Nc3ccc(OCCOC)cc3)ncc2F)cc1. The van der Waals surface area contributed by atoms with Crippen molar-refractivity contribution in [3.05, 3.63) is 60.5 Å². The van der Waals surface area contributed by atoms with Crippen LogP contribution in [0.5, 0.6) is 5.75 Å². The number of halogens is 1. The van der Waals surface area contributed by atoms with Crippen LogP contribution < -0.4 is 20.3 Å². The fourth-order valence-electron chi connectivity index (χ4n) is 2.64. The molecule has 0 aliphatic heterocycles. The number of rotatable bonds is 10. The van der Waals surface area contributed by atoms with Gasteiger partial charge in [-0.25, -0.2) is 9.37 Å². The number of nitrogens with one attached hydrogen (secondary N) is 2. The summed E-state index contributed by atoms with van der Waals surface area (Å²) in [6, 6.07) is 15.1. The smallest absolute Gasteiger partial charge is 0.229 e. The Morgan fingerprint density at radius 1 is 0.967 bits per heavy atom.